The molecule has 0 bridgehead atoms. The molecule has 0 unspecified atom stereocenters. The number of likely N-dealkylation sites (tertiary alicyclic amines) is 1. The number of ether oxygens (including phenoxy) is 1. The van der Waals surface area contributed by atoms with E-state index in [2.05, 4.69) is 11.8 Å². The van der Waals surface area contributed by atoms with Crippen molar-refractivity contribution in [1.29, 1.82) is 0 Å². The fourth-order valence-corrected chi connectivity index (χ4v) is 3.53. The topological polar surface area (TPSA) is 32.8 Å². The van der Waals surface area contributed by atoms with E-state index < -0.39 is 0 Å². The molecule has 2 aliphatic heterocycles. The molecule has 4 nitrogen and oxygen atoms in total. The van der Waals surface area contributed by atoms with Gasteiger partial charge in [-0.2, -0.15) is 0 Å². The molecule has 0 radical (unpaired) electrons. The van der Waals surface area contributed by atoms with E-state index in [1.54, 1.807) is 12.1 Å². The number of nitrogens with zero attached hydrogens (tertiary/aromatic N) is 2. The van der Waals surface area contributed by atoms with Crippen LogP contribution in [0.3, 0.4) is 0 Å². The van der Waals surface area contributed by atoms with E-state index in [1.807, 2.05) is 4.90 Å². The van der Waals surface area contributed by atoms with E-state index in [0.717, 1.165) is 24.6 Å². The summed E-state index contributed by atoms with van der Waals surface area (Å²) in [5.41, 5.74) is 0.928. The molecule has 1 amide bonds. The number of morpholine rings is 1. The van der Waals surface area contributed by atoms with Crippen LogP contribution in [0.15, 0.2) is 24.3 Å². The number of carbonyl (C=O) groups is 1. The number of hydrogen-bond acceptors (Lipinski definition) is 3. The highest BCUT2D eigenvalue weighted by Crippen LogP contribution is 2.23. The number of carbonyl (C=O) groups excluding carboxylic acids is 1. The first-order chi connectivity index (χ1) is 11.6. The van der Waals surface area contributed by atoms with Gasteiger partial charge in [0.1, 0.15) is 11.9 Å². The molecule has 0 saturated carbocycles. The van der Waals surface area contributed by atoms with E-state index in [9.17, 15) is 9.18 Å². The maximum Gasteiger partial charge on any atom is 0.236 e. The summed E-state index contributed by atoms with van der Waals surface area (Å²) in [5.74, 6) is 0.689. The molecule has 1 aromatic rings. The highest BCUT2D eigenvalue weighted by Gasteiger charge is 2.27. The number of amides is 1. The first-order valence-corrected chi connectivity index (χ1v) is 8.99. The molecule has 2 aliphatic rings. The van der Waals surface area contributed by atoms with Gasteiger partial charge in [-0.3, -0.25) is 9.69 Å². The molecule has 1 aromatic carbocycles. The predicted molar refractivity (Wildman–Crippen MR) is 91.1 cm³/mol. The van der Waals surface area contributed by atoms with Crippen molar-refractivity contribution in [1.82, 2.24) is 9.80 Å². The van der Waals surface area contributed by atoms with Crippen LogP contribution >= 0.6 is 0 Å². The molecular formula is C19H27FN2O2. The second-order valence-electron chi connectivity index (χ2n) is 7.06. The molecule has 0 spiro atoms. The lowest BCUT2D eigenvalue weighted by Gasteiger charge is -2.34. The second kappa shape index (κ2) is 8.08. The Balaban J connectivity index is 1.55. The van der Waals surface area contributed by atoms with E-state index in [4.69, 9.17) is 4.74 Å². The van der Waals surface area contributed by atoms with Gasteiger partial charge >= 0.3 is 0 Å². The SMILES string of the molecule is C[C@@H]1CCCN(CC(=O)N2CCO[C@H](c3ccc(F)cc3)C2)CC1. The predicted octanol–water partition coefficient (Wildman–Crippen LogP) is 2.85. The van der Waals surface area contributed by atoms with Crippen molar-refractivity contribution in [3.8, 4) is 0 Å². The van der Waals surface area contributed by atoms with Crippen LogP contribution in [0.5, 0.6) is 0 Å². The Kier molecular flexibility index (Phi) is 5.85. The molecule has 5 heteroatoms. The Morgan fingerprint density at radius 1 is 1.21 bits per heavy atom. The third kappa shape index (κ3) is 4.54. The van der Waals surface area contributed by atoms with Crippen LogP contribution in [0.25, 0.3) is 0 Å². The zero-order valence-corrected chi connectivity index (χ0v) is 14.4. The Morgan fingerprint density at radius 3 is 2.79 bits per heavy atom. The minimum atomic E-state index is -0.252. The lowest BCUT2D eigenvalue weighted by Crippen LogP contribution is -2.46. The maximum atomic E-state index is 13.1. The molecule has 0 aromatic heterocycles. The zero-order chi connectivity index (χ0) is 16.9. The number of halogens is 1. The smallest absolute Gasteiger partial charge is 0.236 e. The van der Waals surface area contributed by atoms with E-state index in [-0.39, 0.29) is 17.8 Å². The second-order valence-corrected chi connectivity index (χ2v) is 7.06. The van der Waals surface area contributed by atoms with E-state index in [0.29, 0.717) is 26.2 Å². The molecule has 0 N–H and O–H groups in total. The molecule has 3 rings (SSSR count). The quantitative estimate of drug-likeness (QED) is 0.852. The summed E-state index contributed by atoms with van der Waals surface area (Å²) in [6, 6.07) is 6.37. The molecule has 0 aliphatic carbocycles. The van der Waals surface area contributed by atoms with Crippen LogP contribution in [0, 0.1) is 11.7 Å². The van der Waals surface area contributed by atoms with Gasteiger partial charge in [-0.1, -0.05) is 19.1 Å². The van der Waals surface area contributed by atoms with Crippen LogP contribution < -0.4 is 0 Å². The molecule has 132 valence electrons. The average molecular weight is 334 g/mol. The van der Waals surface area contributed by atoms with Crippen molar-refractivity contribution in [3.63, 3.8) is 0 Å². The highest BCUT2D eigenvalue weighted by molar-refractivity contribution is 5.78. The van der Waals surface area contributed by atoms with Gasteiger partial charge in [0.05, 0.1) is 19.7 Å². The molecular weight excluding hydrogens is 307 g/mol. The maximum absolute atomic E-state index is 13.1. The summed E-state index contributed by atoms with van der Waals surface area (Å²) >= 11 is 0. The molecule has 2 heterocycles. The normalized spacial score (nSPS) is 26.2. The van der Waals surface area contributed by atoms with Gasteiger partial charge in [-0.15, -0.1) is 0 Å². The number of benzene rings is 1. The van der Waals surface area contributed by atoms with Crippen molar-refractivity contribution in [2.75, 3.05) is 39.3 Å². The van der Waals surface area contributed by atoms with Gasteiger partial charge in [-0.25, -0.2) is 4.39 Å². The summed E-state index contributed by atoms with van der Waals surface area (Å²) in [7, 11) is 0. The van der Waals surface area contributed by atoms with Crippen LogP contribution in [-0.2, 0) is 9.53 Å². The van der Waals surface area contributed by atoms with E-state index >= 15 is 0 Å². The molecule has 24 heavy (non-hydrogen) atoms. The summed E-state index contributed by atoms with van der Waals surface area (Å²) < 4.78 is 18.8. The third-order valence-corrected chi connectivity index (χ3v) is 5.13. The first-order valence-electron chi connectivity index (χ1n) is 8.99. The van der Waals surface area contributed by atoms with Crippen LogP contribution in [0.2, 0.25) is 0 Å². The molecule has 2 saturated heterocycles. The lowest BCUT2D eigenvalue weighted by atomic mass is 10.0. The average Bonchev–Trinajstić information content (AvgIpc) is 2.80. The van der Waals surface area contributed by atoms with Crippen LogP contribution in [0.4, 0.5) is 4.39 Å². The largest absolute Gasteiger partial charge is 0.370 e. The van der Waals surface area contributed by atoms with E-state index in [1.165, 1.54) is 31.4 Å². The van der Waals surface area contributed by atoms with Crippen molar-refractivity contribution in [2.45, 2.75) is 32.3 Å². The standard InChI is InChI=1S/C19H27FN2O2/c1-15-3-2-9-21(10-8-15)14-19(23)22-11-12-24-18(13-22)16-4-6-17(20)7-5-16/h4-7,15,18H,2-3,8-14H2,1H3/t15-,18+/m1/s1. The fourth-order valence-electron chi connectivity index (χ4n) is 3.53. The van der Waals surface area contributed by atoms with Gasteiger partial charge in [0.25, 0.3) is 0 Å². The van der Waals surface area contributed by atoms with Crippen LogP contribution in [0.1, 0.15) is 37.9 Å². The summed E-state index contributed by atoms with van der Waals surface area (Å²) in [6.45, 7) is 6.55. The Hall–Kier alpha value is -1.46. The van der Waals surface area contributed by atoms with Gasteiger partial charge in [-0.05, 0) is 56.0 Å². The van der Waals surface area contributed by atoms with Gasteiger partial charge < -0.3 is 9.64 Å². The fraction of sp³-hybridized carbons (Fsp3) is 0.632. The highest BCUT2D eigenvalue weighted by atomic mass is 19.1. The Labute approximate surface area is 143 Å². The monoisotopic (exact) mass is 334 g/mol. The van der Waals surface area contributed by atoms with Crippen LogP contribution in [-0.4, -0.2) is 55.0 Å². The van der Waals surface area contributed by atoms with Gasteiger partial charge in [0.2, 0.25) is 5.91 Å². The minimum Gasteiger partial charge on any atom is -0.370 e. The number of hydrogen-bond donors (Lipinski definition) is 0. The molecule has 2 atom stereocenters. The zero-order valence-electron chi connectivity index (χ0n) is 14.4. The summed E-state index contributed by atoms with van der Waals surface area (Å²) in [4.78, 5) is 16.8. The van der Waals surface area contributed by atoms with Crippen molar-refractivity contribution in [3.05, 3.63) is 35.6 Å². The van der Waals surface area contributed by atoms with Gasteiger partial charge in [0, 0.05) is 6.54 Å². The van der Waals surface area contributed by atoms with Crippen molar-refractivity contribution >= 4 is 5.91 Å². The van der Waals surface area contributed by atoms with Gasteiger partial charge in [0.15, 0.2) is 0 Å². The summed E-state index contributed by atoms with van der Waals surface area (Å²) in [6.07, 6.45) is 3.45. The third-order valence-electron chi connectivity index (χ3n) is 5.13. The van der Waals surface area contributed by atoms with Crippen molar-refractivity contribution in [2.24, 2.45) is 5.92 Å². The first kappa shape index (κ1) is 17.4. The Bertz CT molecular complexity index is 549. The summed E-state index contributed by atoms with van der Waals surface area (Å²) in [5, 5.41) is 0. The van der Waals surface area contributed by atoms with Crippen molar-refractivity contribution < 1.29 is 13.9 Å². The Morgan fingerprint density at radius 2 is 2.00 bits per heavy atom. The number of rotatable bonds is 3. The molecule has 2 fully saturated rings. The minimum absolute atomic E-state index is 0.160. The lowest BCUT2D eigenvalue weighted by molar-refractivity contribution is -0.140.